The van der Waals surface area contributed by atoms with Gasteiger partial charge in [-0.2, -0.15) is 12.6 Å². The second-order valence-electron chi connectivity index (χ2n) is 41.0. The lowest BCUT2D eigenvalue weighted by molar-refractivity contribution is -0.265. The number of allylic oxidation sites excluding steroid dienone is 12. The van der Waals surface area contributed by atoms with Crippen LogP contribution < -0.4 is 0 Å². The molecule has 0 aromatic rings. The number of hydrogen-bond acceptors (Lipinski definition) is 29. The van der Waals surface area contributed by atoms with Crippen LogP contribution in [0.2, 0.25) is 0 Å². The Labute approximate surface area is 861 Å². The minimum Gasteiger partial charge on any atom is -0.460 e. The van der Waals surface area contributed by atoms with Crippen molar-refractivity contribution in [3.63, 3.8) is 0 Å². The zero-order valence-electron chi connectivity index (χ0n) is 90.8. The maximum atomic E-state index is 14.5. The molecule has 8 rings (SSSR count). The monoisotopic (exact) mass is 2070 g/mol. The summed E-state index contributed by atoms with van der Waals surface area (Å²) >= 11 is 3.53. The normalized spacial score (nSPS) is 36.5. The Hall–Kier alpha value is -6.19. The minimum absolute atomic E-state index is 0.0133. The lowest BCUT2D eigenvalue weighted by Crippen LogP contribution is -2.61. The number of methoxy groups -OCH3 is 6. The van der Waals surface area contributed by atoms with E-state index >= 15 is 0 Å². The summed E-state index contributed by atoms with van der Waals surface area (Å²) in [4.78, 5) is 144. The molecule has 4 bridgehead atoms. The largest absolute Gasteiger partial charge is 0.460 e. The second kappa shape index (κ2) is 65.0. The number of hydrogen-bond donors (Lipinski definition) is 6. The fourth-order valence-corrected chi connectivity index (χ4v) is 21.0. The van der Waals surface area contributed by atoms with Crippen LogP contribution in [-0.4, -0.2) is 291 Å². The molecule has 5 N–H and O–H groups in total. The van der Waals surface area contributed by atoms with Gasteiger partial charge in [0.1, 0.15) is 79.8 Å². The highest BCUT2D eigenvalue weighted by molar-refractivity contribution is 7.79. The first-order valence-electron chi connectivity index (χ1n) is 52.2. The van der Waals surface area contributed by atoms with Crippen molar-refractivity contribution < 1.29 is 135 Å². The number of nitrogens with zero attached hydrogens (tertiary/aromatic N) is 2. The Morgan fingerprint density at radius 2 is 0.839 bits per heavy atom. The lowest BCUT2D eigenvalue weighted by Gasteiger charge is -2.42. The zero-order chi connectivity index (χ0) is 108. The van der Waals surface area contributed by atoms with Gasteiger partial charge in [-0.05, 0) is 227 Å². The number of ether oxygens (including phenoxy) is 11. The second-order valence-corrected chi connectivity index (χ2v) is 44.4. The van der Waals surface area contributed by atoms with Gasteiger partial charge in [0.2, 0.25) is 17.9 Å². The van der Waals surface area contributed by atoms with E-state index in [-0.39, 0.29) is 122 Å². The number of aliphatic hydroxyl groups is 5. The van der Waals surface area contributed by atoms with E-state index in [2.05, 4.69) is 12.6 Å². The highest BCUT2D eigenvalue weighted by Crippen LogP contribution is 2.43. The number of amides is 2. The molecule has 4 saturated heterocycles. The number of piperidine rings is 2. The summed E-state index contributed by atoms with van der Waals surface area (Å²) < 4.78 is 86.8. The topological polar surface area (TPSA) is 414 Å². The van der Waals surface area contributed by atoms with Crippen LogP contribution in [0, 0.1) is 71.0 Å². The van der Waals surface area contributed by atoms with Crippen molar-refractivity contribution in [2.75, 3.05) is 87.8 Å². The Morgan fingerprint density at radius 3 is 1.20 bits per heavy atom. The number of fused-ring (bicyclic) bond motifs is 6. The fourth-order valence-electron chi connectivity index (χ4n) is 20.6. The number of cyclic esters (lactones) is 2. The van der Waals surface area contributed by atoms with Crippen molar-refractivity contribution in [1.82, 2.24) is 9.80 Å². The van der Waals surface area contributed by atoms with Crippen molar-refractivity contribution in [3.05, 3.63) is 95.2 Å². The smallest absolute Gasteiger partial charge is 0.363 e. The van der Waals surface area contributed by atoms with Gasteiger partial charge in [0.25, 0.3) is 23.4 Å². The van der Waals surface area contributed by atoms with E-state index in [1.54, 1.807) is 102 Å². The van der Waals surface area contributed by atoms with E-state index in [0.717, 1.165) is 30.1 Å². The van der Waals surface area contributed by atoms with Crippen molar-refractivity contribution in [1.29, 1.82) is 0 Å². The number of Topliss-reactive ketones (excluding diaryl/α,β-unsaturated/α-hetero) is 6. The highest BCUT2D eigenvalue weighted by atomic mass is 32.1. The van der Waals surface area contributed by atoms with Gasteiger partial charge < -0.3 is 87.4 Å². The fraction of sp³-hybridized carbons (Fsp3) is 0.764. The number of esters is 2. The van der Waals surface area contributed by atoms with E-state index in [1.165, 1.54) is 24.0 Å². The molecule has 8 aliphatic rings. The summed E-state index contributed by atoms with van der Waals surface area (Å²) in [5.41, 5.74) is 2.53. The van der Waals surface area contributed by atoms with E-state index in [9.17, 15) is 82.6 Å². The van der Waals surface area contributed by atoms with Gasteiger partial charge >= 0.3 is 27.5 Å². The third-order valence-electron chi connectivity index (χ3n) is 29.8. The molecule has 2 aliphatic carbocycles. The molecule has 4 unspecified atom stereocenters. The first-order chi connectivity index (χ1) is 67.7. The maximum Gasteiger partial charge on any atom is 0.363 e. The molecule has 6 aliphatic heterocycles. The van der Waals surface area contributed by atoms with Crippen molar-refractivity contribution in [2.45, 2.75) is 381 Å². The van der Waals surface area contributed by atoms with E-state index < -0.39 is 177 Å². The SMILES string of the molecule is CC.CC[P+](C)=O.CO[C@H]1C[C@@H]2CC[C@@H](C)[C@@](O)(O2)C(=O)C(=O)N2CCCC[C@H]2C(=O)O[C@H]([C@H](C)C[C@@H]2CCC(O)[C@H](OC)C2)CC(=O)[C@H](C)/C=C(\C)[C@@H](O)[C@@H](OC)C(=O)[C@H](C)C[C@H](C)/C=C/C=CC=C1C.CO[C@H]1C[C@@H]2CC[C@@H](C)[C@@](O)(O2)C(=O)C(=O)N2CCCC[C@H]2C(=O)O[C@H]([C@H](C)C[C@@H]2CCC(OC[P+](C)=O)[C@H](OC)C2)CC(=O)[C@H](C)/C=C(\C)[C@@H](O)[C@@H](OC)C(=O)[C@H](C)C[C@H](C)/C=C/C=CC=C1C.CS. The Morgan fingerprint density at radius 1 is 0.462 bits per heavy atom. The molecule has 812 valence electrons. The van der Waals surface area contributed by atoms with Gasteiger partial charge in [0, 0.05) is 117 Å². The van der Waals surface area contributed by atoms with E-state index in [1.807, 2.05) is 137 Å². The average molecular weight is 2070 g/mol. The third-order valence-corrected chi connectivity index (χ3v) is 31.3. The summed E-state index contributed by atoms with van der Waals surface area (Å²) in [5, 5.41) is 57.3. The van der Waals surface area contributed by atoms with Gasteiger partial charge in [-0.1, -0.05) is 165 Å². The Kier molecular flexibility index (Phi) is 58.7. The molecule has 2 saturated carbocycles. The van der Waals surface area contributed by atoms with Crippen LogP contribution in [0.5, 0.6) is 0 Å². The summed E-state index contributed by atoms with van der Waals surface area (Å²) in [6.07, 6.45) is 25.6. The molecular weight excluding hydrogens is 1890 g/mol. The lowest BCUT2D eigenvalue weighted by atomic mass is 9.78. The summed E-state index contributed by atoms with van der Waals surface area (Å²) in [6.45, 7) is 34.8. The number of aliphatic hydroxyl groups excluding tert-OH is 3. The molecule has 0 radical (unpaired) electrons. The third kappa shape index (κ3) is 39.3. The molecule has 6 heterocycles. The molecular formula is C110H180N2O28P2S+2. The quantitative estimate of drug-likeness (QED) is 0.0275. The van der Waals surface area contributed by atoms with Crippen LogP contribution in [0.25, 0.3) is 0 Å². The molecule has 0 aromatic carbocycles. The van der Waals surface area contributed by atoms with Gasteiger partial charge in [0.15, 0.2) is 11.6 Å². The molecule has 6 fully saturated rings. The number of carbonyl (C=O) groups excluding carboxylic acids is 10. The van der Waals surface area contributed by atoms with Crippen LogP contribution in [-0.2, 0) is 109 Å². The predicted octanol–water partition coefficient (Wildman–Crippen LogP) is 16.8. The molecule has 143 heavy (non-hydrogen) atoms. The Bertz CT molecular complexity index is 4320. The van der Waals surface area contributed by atoms with Crippen molar-refractivity contribution in [2.24, 2.45) is 71.0 Å². The van der Waals surface area contributed by atoms with Crippen LogP contribution in [0.15, 0.2) is 95.2 Å². The number of rotatable bonds is 16. The number of thiol groups is 1. The Balaban J connectivity index is 0.000000551. The minimum atomic E-state index is -2.44. The van der Waals surface area contributed by atoms with Gasteiger partial charge in [-0.15, -0.1) is 0 Å². The summed E-state index contributed by atoms with van der Waals surface area (Å²) in [6, 6.07) is -2.29. The van der Waals surface area contributed by atoms with Crippen LogP contribution in [0.3, 0.4) is 0 Å². The number of ketones is 6. The molecule has 32 atom stereocenters. The van der Waals surface area contributed by atoms with Gasteiger partial charge in [-0.3, -0.25) is 38.4 Å². The average Bonchev–Trinajstić information content (AvgIpc) is 0.773. The molecule has 2 amide bonds. The summed E-state index contributed by atoms with van der Waals surface area (Å²) in [7, 11) is 6.77. The zero-order valence-corrected chi connectivity index (χ0v) is 93.4. The van der Waals surface area contributed by atoms with Crippen LogP contribution in [0.4, 0.5) is 0 Å². The first kappa shape index (κ1) is 129. The van der Waals surface area contributed by atoms with E-state index in [0.29, 0.717) is 127 Å². The van der Waals surface area contributed by atoms with Crippen molar-refractivity contribution >= 4 is 86.7 Å². The summed E-state index contributed by atoms with van der Waals surface area (Å²) in [5.74, 6) is -16.0. The molecule has 33 heteroatoms. The van der Waals surface area contributed by atoms with Gasteiger partial charge in [0.05, 0.1) is 48.8 Å². The van der Waals surface area contributed by atoms with Crippen LogP contribution >= 0.6 is 28.2 Å². The van der Waals surface area contributed by atoms with E-state index in [4.69, 9.17) is 52.1 Å². The van der Waals surface area contributed by atoms with Crippen LogP contribution in [0.1, 0.15) is 272 Å². The van der Waals surface area contributed by atoms with Gasteiger partial charge in [-0.25, -0.2) is 9.59 Å². The maximum absolute atomic E-state index is 14.5. The molecule has 30 nitrogen and oxygen atoms in total. The molecule has 0 spiro atoms. The first-order valence-corrected chi connectivity index (χ1v) is 56.8. The predicted molar refractivity (Wildman–Crippen MR) is 558 cm³/mol. The van der Waals surface area contributed by atoms with Crippen molar-refractivity contribution in [3.8, 4) is 0 Å². The highest BCUT2D eigenvalue weighted by Gasteiger charge is 2.56. The standard InChI is InChI=1S/C53H83NO14P.C51H79NO13.C3H8OP.C2H6.CH4S/c1-32-17-13-12-14-18-33(2)44(63-8)29-40-22-20-38(7)53(61,68-40)50(58)51(59)54-24-16-15-19-41(54)52(60)67-45(35(4)27-39-21-23-43(46(28-39)64-9)66-31-69(11)62)30-42(55)34(3)26-37(6)48(57)49(65-10)47(56)36(5)25-32;1-30-16-12-11-13-17-31(2)42(61-8)28-38-21-19-36(7)51(60,65-38)48(57)49(58)52-23-15-14-18-39(52)50(59)64-43(33(4)26-37-20-22-40(53)44(27-37)62-9)29-41(54)32(3)25-35(6)46(56)47(63-10)45(55)34(5)24-30;1-3-5(2)4;2*1-2/h12-14,17-18,26,32,34-36,38-41,43-46,48-49,57,61H,15-16,19-25,27-31H2,1-11H3;11-13,16-17,25,30,32-34,36-40,42-44,46-47,53,56,60H,14-15,18-24,26-29H2,1-10H3;3H2,1-2H3;1-2H3;2H,1H3/q+1;;+1;;/b14-12?,17-13+,33-18?,37-26+;13-11?,16-12+,31-17?,35-25+;;;/t32-,34-,35-,36-,38-,39+,40+,41+,43?,44+,45+,46-,48-,49+,53-;30-,32-,33-,34-,36-,37+,38+,39+,40?,42+,43+,44-,46-,47+,51-;;;/m11.../s1. The molecule has 0 aromatic heterocycles. The number of carbonyl (C=O) groups is 10.